The van der Waals surface area contributed by atoms with Gasteiger partial charge in [-0.25, -0.2) is 4.99 Å². The first-order chi connectivity index (χ1) is 27.8. The van der Waals surface area contributed by atoms with E-state index < -0.39 is 0 Å². The molecule has 0 spiro atoms. The molecule has 9 aromatic carbocycles. The number of hydrogen-bond acceptors (Lipinski definition) is 3. The van der Waals surface area contributed by atoms with Crippen LogP contribution in [0.1, 0.15) is 17.3 Å². The van der Waals surface area contributed by atoms with Crippen molar-refractivity contribution in [3.63, 3.8) is 0 Å². The van der Waals surface area contributed by atoms with E-state index in [1.807, 2.05) is 24.3 Å². The third-order valence-corrected chi connectivity index (χ3v) is 11.5. The third-order valence-electron chi connectivity index (χ3n) is 11.5. The Kier molecular flexibility index (Phi) is 6.63. The van der Waals surface area contributed by atoms with Gasteiger partial charge in [0.15, 0.2) is 5.84 Å². The van der Waals surface area contributed by atoms with Crippen molar-refractivity contribution in [3.05, 3.63) is 199 Å². The molecule has 0 bridgehead atoms. The van der Waals surface area contributed by atoms with Crippen molar-refractivity contribution in [2.45, 2.75) is 6.17 Å². The molecule has 0 saturated heterocycles. The highest BCUT2D eigenvalue weighted by molar-refractivity contribution is 6.45. The van der Waals surface area contributed by atoms with E-state index in [2.05, 4.69) is 178 Å². The van der Waals surface area contributed by atoms with Gasteiger partial charge in [-0.2, -0.15) is 4.99 Å². The average Bonchev–Trinajstić information content (AvgIpc) is 3.81. The van der Waals surface area contributed by atoms with Crippen molar-refractivity contribution in [2.24, 2.45) is 9.98 Å². The van der Waals surface area contributed by atoms with Crippen LogP contribution in [0.15, 0.2) is 198 Å². The fourth-order valence-corrected chi connectivity index (χ4v) is 9.24. The Balaban J connectivity index is 1.30. The van der Waals surface area contributed by atoms with Gasteiger partial charge in [0, 0.05) is 49.0 Å². The van der Waals surface area contributed by atoms with Crippen molar-refractivity contribution in [3.8, 4) is 5.69 Å². The van der Waals surface area contributed by atoms with E-state index in [9.17, 15) is 0 Å². The summed E-state index contributed by atoms with van der Waals surface area (Å²) in [5.41, 5.74) is 7.81. The fraction of sp³-hybridized carbons (Fsp3) is 0.0196. The minimum absolute atomic E-state index is 0.330. The zero-order valence-electron chi connectivity index (χ0n) is 30.3. The Bertz CT molecular complexity index is 3430. The summed E-state index contributed by atoms with van der Waals surface area (Å²) in [5, 5.41) is 16.0. The second-order valence-electron chi connectivity index (χ2n) is 14.5. The first-order valence-electron chi connectivity index (χ1n) is 19.1. The first-order valence-corrected chi connectivity index (χ1v) is 19.1. The molecule has 5 nitrogen and oxygen atoms in total. The van der Waals surface area contributed by atoms with E-state index in [0.29, 0.717) is 5.84 Å². The highest BCUT2D eigenvalue weighted by Gasteiger charge is 2.28. The van der Waals surface area contributed by atoms with Crippen molar-refractivity contribution < 1.29 is 0 Å². The van der Waals surface area contributed by atoms with E-state index in [0.717, 1.165) is 39.2 Å². The van der Waals surface area contributed by atoms with Crippen LogP contribution >= 0.6 is 0 Å². The monoisotopic (exact) mass is 715 g/mol. The topological polar surface area (TPSA) is 46.6 Å². The Morgan fingerprint density at radius 1 is 0.393 bits per heavy atom. The largest absolute Gasteiger partial charge is 0.330 e. The maximum absolute atomic E-state index is 5.37. The SMILES string of the molecule is c1ccc(C2=NC(c3ccccc3)NC(n3c4ccccc4c4c5c6ccccc6c6c7ccccc7n(-c7ccccc7)c6c5c5ccccc5c43)=N2)cc1. The number of rotatable bonds is 3. The van der Waals surface area contributed by atoms with Crippen molar-refractivity contribution in [1.29, 1.82) is 0 Å². The third kappa shape index (κ3) is 4.37. The highest BCUT2D eigenvalue weighted by Crippen LogP contribution is 2.49. The van der Waals surface area contributed by atoms with E-state index in [1.165, 1.54) is 59.5 Å². The molecule has 56 heavy (non-hydrogen) atoms. The van der Waals surface area contributed by atoms with Gasteiger partial charge in [-0.1, -0.05) is 164 Å². The van der Waals surface area contributed by atoms with Crippen molar-refractivity contribution in [1.82, 2.24) is 14.5 Å². The lowest BCUT2D eigenvalue weighted by Crippen LogP contribution is -2.37. The average molecular weight is 716 g/mol. The number of amidine groups is 1. The number of benzene rings is 9. The molecule has 0 radical (unpaired) electrons. The van der Waals surface area contributed by atoms with Gasteiger partial charge in [-0.05, 0) is 46.0 Å². The van der Waals surface area contributed by atoms with Crippen LogP contribution in [0.3, 0.4) is 0 Å². The van der Waals surface area contributed by atoms with Crippen LogP contribution in [0, 0.1) is 0 Å². The van der Waals surface area contributed by atoms with Gasteiger partial charge < -0.3 is 9.88 Å². The zero-order chi connectivity index (χ0) is 36.7. The van der Waals surface area contributed by atoms with Crippen LogP contribution in [-0.4, -0.2) is 20.9 Å². The Hall–Kier alpha value is -7.50. The quantitative estimate of drug-likeness (QED) is 0.182. The van der Waals surface area contributed by atoms with Crippen LogP contribution in [0.2, 0.25) is 0 Å². The molecule has 0 aliphatic carbocycles. The van der Waals surface area contributed by atoms with Crippen molar-refractivity contribution in [2.75, 3.05) is 0 Å². The van der Waals surface area contributed by atoms with E-state index in [-0.39, 0.29) is 6.17 Å². The van der Waals surface area contributed by atoms with Gasteiger partial charge in [0.2, 0.25) is 5.96 Å². The summed E-state index contributed by atoms with van der Waals surface area (Å²) < 4.78 is 4.84. The molecule has 1 aliphatic heterocycles. The summed E-state index contributed by atoms with van der Waals surface area (Å²) in [6.07, 6.45) is -0.330. The number of aromatic nitrogens is 2. The molecule has 12 rings (SSSR count). The van der Waals surface area contributed by atoms with Gasteiger partial charge >= 0.3 is 0 Å². The van der Waals surface area contributed by atoms with Gasteiger partial charge in [-0.15, -0.1) is 0 Å². The summed E-state index contributed by atoms with van der Waals surface area (Å²) in [7, 11) is 0. The van der Waals surface area contributed by atoms with Gasteiger partial charge in [-0.3, -0.25) is 4.57 Å². The van der Waals surface area contributed by atoms with E-state index >= 15 is 0 Å². The lowest BCUT2D eigenvalue weighted by atomic mass is 9.90. The fourth-order valence-electron chi connectivity index (χ4n) is 9.24. The molecule has 0 amide bonds. The molecule has 11 aromatic rings. The number of aliphatic imine (C=N–C) groups is 2. The first kappa shape index (κ1) is 30.9. The standard InChI is InChI=1S/C51H33N5/c1-4-18-32(19-5-1)49-52-50(33-20-6-2-7-21-33)54-51(53-49)56-42-31-17-15-29-40(42)46-44-36-25-11-10-24-35(36)43-39-28-14-16-30-41(39)55(34-22-8-3-9-23-34)48(43)45(44)37-26-12-13-27-38(37)47(46)56/h1-31,49H,(H,52,53,54). The van der Waals surface area contributed by atoms with Gasteiger partial charge in [0.05, 0.1) is 22.1 Å². The lowest BCUT2D eigenvalue weighted by molar-refractivity contribution is 0.661. The number of nitrogens with zero attached hydrogens (tertiary/aromatic N) is 4. The molecule has 1 atom stereocenters. The summed E-state index contributed by atoms with van der Waals surface area (Å²) in [6.45, 7) is 0. The Morgan fingerprint density at radius 3 is 1.55 bits per heavy atom. The predicted molar refractivity (Wildman–Crippen MR) is 234 cm³/mol. The number of hydrogen-bond donors (Lipinski definition) is 1. The molecular weight excluding hydrogens is 683 g/mol. The summed E-state index contributed by atoms with van der Waals surface area (Å²) in [6, 6.07) is 67.2. The second kappa shape index (κ2) is 12.0. The highest BCUT2D eigenvalue weighted by atomic mass is 15.3. The molecular formula is C51H33N5. The molecule has 2 aromatic heterocycles. The maximum atomic E-state index is 5.37. The normalized spacial score (nSPS) is 14.6. The van der Waals surface area contributed by atoms with E-state index in [1.54, 1.807) is 0 Å². The molecule has 1 aliphatic rings. The minimum Gasteiger partial charge on any atom is -0.330 e. The number of fused-ring (bicyclic) bond motifs is 15. The van der Waals surface area contributed by atoms with Crippen LogP contribution in [-0.2, 0) is 0 Å². The molecule has 5 heteroatoms. The summed E-state index contributed by atoms with van der Waals surface area (Å²) >= 11 is 0. The second-order valence-corrected chi connectivity index (χ2v) is 14.5. The van der Waals surface area contributed by atoms with Crippen LogP contribution < -0.4 is 5.32 Å². The maximum Gasteiger partial charge on any atom is 0.211 e. The summed E-state index contributed by atoms with van der Waals surface area (Å²) in [4.78, 5) is 10.6. The smallest absolute Gasteiger partial charge is 0.211 e. The van der Waals surface area contributed by atoms with Gasteiger partial charge in [0.1, 0.15) is 6.17 Å². The lowest BCUT2D eigenvalue weighted by Gasteiger charge is -2.25. The zero-order valence-corrected chi connectivity index (χ0v) is 30.3. The number of nitrogens with one attached hydrogen (secondary N) is 1. The molecule has 0 saturated carbocycles. The van der Waals surface area contributed by atoms with E-state index in [4.69, 9.17) is 9.98 Å². The molecule has 262 valence electrons. The molecule has 0 fully saturated rings. The van der Waals surface area contributed by atoms with Crippen LogP contribution in [0.25, 0.3) is 81.6 Å². The molecule has 1 N–H and O–H groups in total. The van der Waals surface area contributed by atoms with Crippen molar-refractivity contribution >= 4 is 87.7 Å². The predicted octanol–water partition coefficient (Wildman–Crippen LogP) is 12.3. The molecule has 1 unspecified atom stereocenters. The minimum atomic E-state index is -0.330. The number of para-hydroxylation sites is 3. The van der Waals surface area contributed by atoms with Crippen LogP contribution in [0.4, 0.5) is 0 Å². The van der Waals surface area contributed by atoms with Gasteiger partial charge in [0.25, 0.3) is 0 Å². The Labute approximate surface area is 322 Å². The summed E-state index contributed by atoms with van der Waals surface area (Å²) in [5.74, 6) is 1.44. The van der Waals surface area contributed by atoms with Crippen LogP contribution in [0.5, 0.6) is 0 Å². The molecule has 3 heterocycles. The Morgan fingerprint density at radius 2 is 0.875 bits per heavy atom.